The topological polar surface area (TPSA) is 9.86 Å². The van der Waals surface area contributed by atoms with Gasteiger partial charge in [0.25, 0.3) is 0 Å². The van der Waals surface area contributed by atoms with Gasteiger partial charge in [0, 0.05) is 44.0 Å². The molecule has 0 aliphatic carbocycles. The molecule has 4 heteroatoms. The Hall–Kier alpha value is -5.73. The van der Waals surface area contributed by atoms with Crippen molar-refractivity contribution in [1.82, 2.24) is 9.13 Å². The van der Waals surface area contributed by atoms with Crippen molar-refractivity contribution in [2.24, 2.45) is 0 Å². The maximum Gasteiger partial charge on any atom is 0.247 e. The van der Waals surface area contributed by atoms with Gasteiger partial charge in [0.1, 0.15) is 0 Å². The molecule has 0 unspecified atom stereocenters. The van der Waals surface area contributed by atoms with Crippen LogP contribution in [-0.2, 0) is 12.8 Å². The second kappa shape index (κ2) is 8.21. The summed E-state index contributed by atoms with van der Waals surface area (Å²) >= 11 is 0. The Bertz CT molecular complexity index is 2780. The molecular formula is C44H26B2N2. The van der Waals surface area contributed by atoms with Crippen LogP contribution in [0.4, 0.5) is 0 Å². The molecule has 7 aromatic carbocycles. The van der Waals surface area contributed by atoms with Crippen LogP contribution in [0, 0.1) is 0 Å². The number of rotatable bonds is 0. The van der Waals surface area contributed by atoms with Crippen LogP contribution in [0.1, 0.15) is 22.3 Å². The zero-order chi connectivity index (χ0) is 30.8. The lowest BCUT2D eigenvalue weighted by molar-refractivity contribution is 1.13. The molecule has 2 nitrogen and oxygen atoms in total. The Morgan fingerprint density at radius 1 is 0.333 bits per heavy atom. The van der Waals surface area contributed by atoms with Crippen molar-refractivity contribution in [2.75, 3.05) is 0 Å². The van der Waals surface area contributed by atoms with Crippen molar-refractivity contribution in [2.45, 2.75) is 12.8 Å². The molecule has 0 atom stereocenters. The average molecular weight is 604 g/mol. The van der Waals surface area contributed by atoms with E-state index in [0.717, 1.165) is 12.8 Å². The summed E-state index contributed by atoms with van der Waals surface area (Å²) in [6.07, 6.45) is 1.97. The van der Waals surface area contributed by atoms with Gasteiger partial charge in [0.05, 0.1) is 11.0 Å². The van der Waals surface area contributed by atoms with Crippen molar-refractivity contribution < 1.29 is 0 Å². The number of aromatic nitrogens is 2. The minimum absolute atomic E-state index is 0.246. The molecule has 13 rings (SSSR count). The summed E-state index contributed by atoms with van der Waals surface area (Å²) in [5, 5.41) is 5.36. The fourth-order valence-corrected chi connectivity index (χ4v) is 10.6. The molecule has 218 valence electrons. The first kappa shape index (κ1) is 24.4. The molecule has 0 spiro atoms. The number of nitrogens with zero attached hydrogens (tertiary/aromatic N) is 2. The molecule has 2 aromatic heterocycles. The van der Waals surface area contributed by atoms with Gasteiger partial charge in [0.15, 0.2) is 0 Å². The van der Waals surface area contributed by atoms with Crippen LogP contribution >= 0.6 is 0 Å². The van der Waals surface area contributed by atoms with E-state index in [0.29, 0.717) is 0 Å². The molecule has 0 radical (unpaired) electrons. The molecule has 0 fully saturated rings. The van der Waals surface area contributed by atoms with Crippen molar-refractivity contribution >= 4 is 89.8 Å². The highest BCUT2D eigenvalue weighted by Gasteiger charge is 2.41. The minimum Gasteiger partial charge on any atom is -0.308 e. The van der Waals surface area contributed by atoms with Crippen molar-refractivity contribution in [3.8, 4) is 11.4 Å². The van der Waals surface area contributed by atoms with Crippen LogP contribution < -0.4 is 32.8 Å². The van der Waals surface area contributed by atoms with E-state index in [1.54, 1.807) is 0 Å². The summed E-state index contributed by atoms with van der Waals surface area (Å²) in [5.41, 5.74) is 22.6. The zero-order valence-electron chi connectivity index (χ0n) is 26.2. The fourth-order valence-electron chi connectivity index (χ4n) is 10.6. The van der Waals surface area contributed by atoms with Crippen molar-refractivity contribution in [3.63, 3.8) is 0 Å². The second-order valence-electron chi connectivity index (χ2n) is 14.3. The van der Waals surface area contributed by atoms with Gasteiger partial charge in [0.2, 0.25) is 13.4 Å². The van der Waals surface area contributed by atoms with Crippen molar-refractivity contribution in [3.05, 3.63) is 156 Å². The Morgan fingerprint density at radius 2 is 0.729 bits per heavy atom. The number of hydrogen-bond donors (Lipinski definition) is 0. The highest BCUT2D eigenvalue weighted by molar-refractivity contribution is 6.99. The highest BCUT2D eigenvalue weighted by Crippen LogP contribution is 2.43. The smallest absolute Gasteiger partial charge is 0.247 e. The lowest BCUT2D eigenvalue weighted by Gasteiger charge is -2.34. The van der Waals surface area contributed by atoms with Crippen LogP contribution in [0.15, 0.2) is 133 Å². The van der Waals surface area contributed by atoms with Crippen LogP contribution in [0.25, 0.3) is 55.0 Å². The van der Waals surface area contributed by atoms with Gasteiger partial charge in [-0.1, -0.05) is 132 Å². The molecule has 48 heavy (non-hydrogen) atoms. The lowest BCUT2D eigenvalue weighted by atomic mass is 9.32. The predicted molar refractivity (Wildman–Crippen MR) is 203 cm³/mol. The molecule has 0 saturated heterocycles. The van der Waals surface area contributed by atoms with E-state index in [4.69, 9.17) is 0 Å². The van der Waals surface area contributed by atoms with E-state index in [1.807, 2.05) is 0 Å². The number of benzene rings is 7. The standard InChI is InChI=1S/C44H26B2N2/c1-3-15-33-25(9-1)23-27-11-5-19-37-39(27)45(33)35-17-7-13-29-31-21-22-32-30-14-8-18-36-42(30)48(44(32)43(31)47(37)41(29)35)38-20-6-12-28-24-26-10-2-4-16-34(26)46(36)40(28)38/h1-22H,23-24H2. The summed E-state index contributed by atoms with van der Waals surface area (Å²) in [6.45, 7) is 0.492. The fraction of sp³-hybridized carbons (Fsp3) is 0.0455. The third kappa shape index (κ3) is 2.64. The molecule has 0 N–H and O–H groups in total. The average Bonchev–Trinajstić information content (AvgIpc) is 3.66. The molecule has 0 amide bonds. The largest absolute Gasteiger partial charge is 0.308 e. The molecule has 4 aliphatic heterocycles. The Kier molecular flexibility index (Phi) is 4.18. The molecule has 6 heterocycles. The minimum atomic E-state index is 0.246. The van der Waals surface area contributed by atoms with E-state index in [1.165, 1.54) is 110 Å². The van der Waals surface area contributed by atoms with Gasteiger partial charge in [-0.25, -0.2) is 0 Å². The van der Waals surface area contributed by atoms with Crippen LogP contribution in [0.2, 0.25) is 0 Å². The van der Waals surface area contributed by atoms with Crippen LogP contribution in [-0.4, -0.2) is 22.6 Å². The predicted octanol–water partition coefficient (Wildman–Crippen LogP) is 5.35. The molecule has 4 aliphatic rings. The van der Waals surface area contributed by atoms with Gasteiger partial charge in [-0.2, -0.15) is 0 Å². The summed E-state index contributed by atoms with van der Waals surface area (Å²) in [6, 6.07) is 51.2. The quantitative estimate of drug-likeness (QED) is 0.207. The van der Waals surface area contributed by atoms with E-state index in [9.17, 15) is 0 Å². The number of hydrogen-bond acceptors (Lipinski definition) is 0. The van der Waals surface area contributed by atoms with Gasteiger partial charge in [-0.05, 0) is 69.1 Å². The lowest BCUT2D eigenvalue weighted by Crippen LogP contribution is -2.60. The first-order valence-corrected chi connectivity index (χ1v) is 17.3. The van der Waals surface area contributed by atoms with Gasteiger partial charge in [-0.3, -0.25) is 0 Å². The SMILES string of the molecule is c1ccc2c(c1)Cc1cccc3c1B2c1cccc2c4ccc5c6cccc7c6n(c5c4n-3c12)-c1cccc2c1B7c1ccccc1C2. The normalized spacial score (nSPS) is 14.4. The van der Waals surface area contributed by atoms with E-state index < -0.39 is 0 Å². The summed E-state index contributed by atoms with van der Waals surface area (Å²) in [7, 11) is 0. The molecule has 9 aromatic rings. The van der Waals surface area contributed by atoms with Crippen LogP contribution in [0.3, 0.4) is 0 Å². The monoisotopic (exact) mass is 604 g/mol. The van der Waals surface area contributed by atoms with E-state index >= 15 is 0 Å². The third-order valence-electron chi connectivity index (χ3n) is 12.3. The summed E-state index contributed by atoms with van der Waals surface area (Å²) in [5.74, 6) is 0. The van der Waals surface area contributed by atoms with E-state index in [-0.39, 0.29) is 13.4 Å². The zero-order valence-corrected chi connectivity index (χ0v) is 26.2. The number of fused-ring (bicyclic) bond motifs is 15. The van der Waals surface area contributed by atoms with E-state index in [2.05, 4.69) is 143 Å². The third-order valence-corrected chi connectivity index (χ3v) is 12.3. The Balaban J connectivity index is 1.25. The van der Waals surface area contributed by atoms with Gasteiger partial charge in [-0.15, -0.1) is 0 Å². The van der Waals surface area contributed by atoms with Gasteiger partial charge < -0.3 is 9.13 Å². The molecular weight excluding hydrogens is 578 g/mol. The maximum absolute atomic E-state index is 2.66. The second-order valence-corrected chi connectivity index (χ2v) is 14.3. The first-order valence-electron chi connectivity index (χ1n) is 17.3. The van der Waals surface area contributed by atoms with Crippen LogP contribution in [0.5, 0.6) is 0 Å². The first-order chi connectivity index (χ1) is 23.8. The Morgan fingerprint density at radius 3 is 1.23 bits per heavy atom. The maximum atomic E-state index is 2.66. The molecule has 0 bridgehead atoms. The Labute approximate surface area is 278 Å². The van der Waals surface area contributed by atoms with Gasteiger partial charge >= 0.3 is 0 Å². The highest BCUT2D eigenvalue weighted by atomic mass is 15.1. The van der Waals surface area contributed by atoms with Crippen molar-refractivity contribution in [1.29, 1.82) is 0 Å². The number of para-hydroxylation sites is 2. The summed E-state index contributed by atoms with van der Waals surface area (Å²) < 4.78 is 5.31. The molecule has 0 saturated carbocycles. The summed E-state index contributed by atoms with van der Waals surface area (Å²) in [4.78, 5) is 0.